The van der Waals surface area contributed by atoms with Crippen molar-refractivity contribution in [1.82, 2.24) is 10.8 Å². The van der Waals surface area contributed by atoms with Crippen molar-refractivity contribution in [2.75, 3.05) is 6.54 Å². The Morgan fingerprint density at radius 2 is 1.74 bits per heavy atom. The number of amides is 2. The van der Waals surface area contributed by atoms with E-state index in [0.29, 0.717) is 25.3 Å². The smallest absolute Gasteiger partial charge is 0.251 e. The van der Waals surface area contributed by atoms with Crippen molar-refractivity contribution in [2.24, 2.45) is 5.18 Å². The Bertz CT molecular complexity index is 979. The van der Waals surface area contributed by atoms with Gasteiger partial charge in [-0.25, -0.2) is 18.7 Å². The number of hydroxylamine groups is 1. The molecule has 0 heterocycles. The van der Waals surface area contributed by atoms with Gasteiger partial charge in [-0.1, -0.05) is 18.6 Å². The van der Waals surface area contributed by atoms with Crippen LogP contribution in [0.4, 0.5) is 18.9 Å². The van der Waals surface area contributed by atoms with Gasteiger partial charge in [-0.3, -0.25) is 14.8 Å². The first-order valence-electron chi connectivity index (χ1n) is 9.37. The topological polar surface area (TPSA) is 108 Å². The summed E-state index contributed by atoms with van der Waals surface area (Å²) in [5, 5.41) is 13.8. The summed E-state index contributed by atoms with van der Waals surface area (Å²) < 4.78 is 41.2. The first-order valence-corrected chi connectivity index (χ1v) is 9.37. The van der Waals surface area contributed by atoms with Crippen LogP contribution in [-0.4, -0.2) is 23.6 Å². The van der Waals surface area contributed by atoms with E-state index in [1.165, 1.54) is 29.7 Å². The van der Waals surface area contributed by atoms with Crippen LogP contribution < -0.4 is 10.8 Å². The van der Waals surface area contributed by atoms with Crippen LogP contribution in [0.15, 0.2) is 41.6 Å². The summed E-state index contributed by atoms with van der Waals surface area (Å²) in [4.78, 5) is 34.2. The van der Waals surface area contributed by atoms with Crippen LogP contribution in [0.2, 0.25) is 0 Å². The molecule has 7 nitrogen and oxygen atoms in total. The van der Waals surface area contributed by atoms with Gasteiger partial charge in [-0.15, -0.1) is 4.91 Å². The Balaban J connectivity index is 2.19. The van der Waals surface area contributed by atoms with Gasteiger partial charge in [0.25, 0.3) is 5.91 Å². The third-order valence-corrected chi connectivity index (χ3v) is 4.34. The fraction of sp³-hybridized carbons (Fsp3) is 0.238. The fourth-order valence-electron chi connectivity index (χ4n) is 2.76. The van der Waals surface area contributed by atoms with Crippen LogP contribution in [0, 0.1) is 22.4 Å². The lowest BCUT2D eigenvalue weighted by Gasteiger charge is -2.11. The second kappa shape index (κ2) is 11.6. The summed E-state index contributed by atoms with van der Waals surface area (Å²) in [5.74, 6) is -4.83. The van der Waals surface area contributed by atoms with Crippen molar-refractivity contribution in [2.45, 2.75) is 25.7 Å². The lowest BCUT2D eigenvalue weighted by atomic mass is 10.0. The maximum atomic E-state index is 14.1. The molecule has 2 amide bonds. The molecule has 0 fully saturated rings. The van der Waals surface area contributed by atoms with Crippen molar-refractivity contribution >= 4 is 29.2 Å². The van der Waals surface area contributed by atoms with Gasteiger partial charge in [0.15, 0.2) is 11.6 Å². The van der Waals surface area contributed by atoms with Gasteiger partial charge >= 0.3 is 0 Å². The highest BCUT2D eigenvalue weighted by atomic mass is 19.2. The molecule has 0 unspecified atom stereocenters. The highest BCUT2D eigenvalue weighted by Crippen LogP contribution is 2.24. The number of rotatable bonds is 10. The van der Waals surface area contributed by atoms with Crippen LogP contribution in [0.1, 0.15) is 36.8 Å². The highest BCUT2D eigenvalue weighted by molar-refractivity contribution is 6.24. The van der Waals surface area contributed by atoms with E-state index >= 15 is 0 Å². The van der Waals surface area contributed by atoms with E-state index in [1.54, 1.807) is 0 Å². The molecule has 3 N–H and O–H groups in total. The largest absolute Gasteiger partial charge is 0.352 e. The molecule has 164 valence electrons. The van der Waals surface area contributed by atoms with E-state index in [0.717, 1.165) is 12.1 Å². The summed E-state index contributed by atoms with van der Waals surface area (Å²) in [6.07, 6.45) is 2.77. The summed E-state index contributed by atoms with van der Waals surface area (Å²) in [6, 6.07) is 6.66. The minimum absolute atomic E-state index is 0.0685. The number of hydrogen-bond donors (Lipinski definition) is 3. The first kappa shape index (κ1) is 23.7. The van der Waals surface area contributed by atoms with E-state index in [4.69, 9.17) is 5.21 Å². The number of nitrogens with zero attached hydrogens (tertiary/aromatic N) is 1. The lowest BCUT2D eigenvalue weighted by molar-refractivity contribution is -0.129. The Morgan fingerprint density at radius 3 is 2.39 bits per heavy atom. The molecular formula is C21H20F3N3O4. The van der Waals surface area contributed by atoms with Gasteiger partial charge in [0, 0.05) is 30.2 Å². The molecule has 0 aliphatic carbocycles. The van der Waals surface area contributed by atoms with Crippen LogP contribution in [0.5, 0.6) is 0 Å². The standard InChI is InChI=1S/C21H20F3N3O4/c22-15-10-14(20(24)18(23)12-15)11-17(13-5-7-16(26-30)8-6-13)21(29)25-9-3-1-2-4-19(28)27-31/h5-8,10-12,31H,1-4,9H2,(H,25,29)(H,27,28)/b17-11-. The highest BCUT2D eigenvalue weighted by Gasteiger charge is 2.16. The Hall–Kier alpha value is -3.53. The van der Waals surface area contributed by atoms with Gasteiger partial charge in [-0.05, 0) is 47.9 Å². The van der Waals surface area contributed by atoms with Gasteiger partial charge in [0.1, 0.15) is 11.5 Å². The number of benzene rings is 2. The van der Waals surface area contributed by atoms with Crippen molar-refractivity contribution in [3.63, 3.8) is 0 Å². The predicted octanol–water partition coefficient (Wildman–Crippen LogP) is 4.22. The SMILES string of the molecule is O=Nc1ccc(/C(=C/c2cc(F)cc(F)c2F)C(=O)NCCCCCC(=O)NO)cc1. The van der Waals surface area contributed by atoms with E-state index in [9.17, 15) is 27.7 Å². The fourth-order valence-corrected chi connectivity index (χ4v) is 2.76. The van der Waals surface area contributed by atoms with Crippen LogP contribution in [0.25, 0.3) is 11.6 Å². The predicted molar refractivity (Wildman–Crippen MR) is 107 cm³/mol. The number of unbranched alkanes of at least 4 members (excludes halogenated alkanes) is 2. The quantitative estimate of drug-likeness (QED) is 0.0987. The van der Waals surface area contributed by atoms with E-state index in [1.807, 2.05) is 0 Å². The van der Waals surface area contributed by atoms with E-state index in [-0.39, 0.29) is 29.8 Å². The lowest BCUT2D eigenvalue weighted by Crippen LogP contribution is -2.25. The molecule has 0 spiro atoms. The van der Waals surface area contributed by atoms with E-state index < -0.39 is 34.8 Å². The molecule has 31 heavy (non-hydrogen) atoms. The molecule has 0 aromatic heterocycles. The first-order chi connectivity index (χ1) is 14.8. The molecule has 2 aromatic rings. The Kier molecular flexibility index (Phi) is 8.89. The van der Waals surface area contributed by atoms with Crippen molar-refractivity contribution in [3.8, 4) is 0 Å². The number of halogens is 3. The number of carbonyl (C=O) groups is 2. The number of nitrogens with one attached hydrogen (secondary N) is 2. The second-order valence-corrected chi connectivity index (χ2v) is 6.59. The minimum atomic E-state index is -1.39. The van der Waals surface area contributed by atoms with Gasteiger partial charge < -0.3 is 5.32 Å². The monoisotopic (exact) mass is 435 g/mol. The summed E-state index contributed by atoms with van der Waals surface area (Å²) in [7, 11) is 0. The number of nitroso groups, excluding NO2 is 1. The maximum absolute atomic E-state index is 14.1. The van der Waals surface area contributed by atoms with Gasteiger partial charge in [0.2, 0.25) is 5.91 Å². The molecule has 0 saturated carbocycles. The minimum Gasteiger partial charge on any atom is -0.352 e. The Morgan fingerprint density at radius 1 is 1.03 bits per heavy atom. The number of carbonyl (C=O) groups excluding carboxylic acids is 2. The van der Waals surface area contributed by atoms with Crippen LogP contribution in [-0.2, 0) is 9.59 Å². The molecular weight excluding hydrogens is 415 g/mol. The Labute approximate surface area is 175 Å². The van der Waals surface area contributed by atoms with Gasteiger partial charge in [-0.2, -0.15) is 0 Å². The maximum Gasteiger partial charge on any atom is 0.251 e. The molecule has 2 aromatic carbocycles. The average Bonchev–Trinajstić information content (AvgIpc) is 2.77. The zero-order valence-corrected chi connectivity index (χ0v) is 16.3. The zero-order chi connectivity index (χ0) is 22.8. The van der Waals surface area contributed by atoms with Crippen molar-refractivity contribution in [1.29, 1.82) is 0 Å². The van der Waals surface area contributed by atoms with Crippen molar-refractivity contribution in [3.05, 3.63) is 69.9 Å². The molecule has 0 aliphatic rings. The molecule has 10 heteroatoms. The molecule has 0 saturated heterocycles. The van der Waals surface area contributed by atoms with E-state index in [2.05, 4.69) is 10.5 Å². The normalized spacial score (nSPS) is 11.2. The van der Waals surface area contributed by atoms with Crippen LogP contribution in [0.3, 0.4) is 0 Å². The average molecular weight is 435 g/mol. The second-order valence-electron chi connectivity index (χ2n) is 6.59. The molecule has 0 aliphatic heterocycles. The van der Waals surface area contributed by atoms with Crippen LogP contribution >= 0.6 is 0 Å². The zero-order valence-electron chi connectivity index (χ0n) is 16.3. The summed E-state index contributed by atoms with van der Waals surface area (Å²) >= 11 is 0. The molecule has 2 rings (SSSR count). The third kappa shape index (κ3) is 7.03. The summed E-state index contributed by atoms with van der Waals surface area (Å²) in [6.45, 7) is 0.227. The third-order valence-electron chi connectivity index (χ3n) is 4.34. The molecule has 0 atom stereocenters. The van der Waals surface area contributed by atoms with Gasteiger partial charge in [0.05, 0.1) is 0 Å². The number of hydrogen-bond acceptors (Lipinski definition) is 5. The molecule has 0 bridgehead atoms. The van der Waals surface area contributed by atoms with Crippen molar-refractivity contribution < 1.29 is 28.0 Å². The molecule has 0 radical (unpaired) electrons. The summed E-state index contributed by atoms with van der Waals surface area (Å²) in [5.41, 5.74) is 1.40.